The first-order valence-corrected chi connectivity index (χ1v) is 4.55. The zero-order valence-electron chi connectivity index (χ0n) is 8.48. The molecule has 5 nitrogen and oxygen atoms in total. The maximum atomic E-state index is 12.6. The summed E-state index contributed by atoms with van der Waals surface area (Å²) >= 11 is 0. The Morgan fingerprint density at radius 2 is 2.12 bits per heavy atom. The van der Waals surface area contributed by atoms with Crippen LogP contribution in [0.25, 0.3) is 0 Å². The highest BCUT2D eigenvalue weighted by atomic mass is 19.4. The SMILES string of the molecule is N[C@H](C(=O)O)[C@H](Nc1ccccn1)C(F)(F)F. The summed E-state index contributed by atoms with van der Waals surface area (Å²) in [5.74, 6) is -1.83. The summed E-state index contributed by atoms with van der Waals surface area (Å²) in [5.41, 5.74) is 4.98. The molecule has 0 fully saturated rings. The maximum absolute atomic E-state index is 12.6. The van der Waals surface area contributed by atoms with E-state index in [9.17, 15) is 18.0 Å². The van der Waals surface area contributed by atoms with Crippen molar-refractivity contribution in [2.75, 3.05) is 5.32 Å². The summed E-state index contributed by atoms with van der Waals surface area (Å²) < 4.78 is 37.7. The molecular formula is C9H10F3N3O2. The molecule has 0 spiro atoms. The lowest BCUT2D eigenvalue weighted by atomic mass is 10.1. The molecule has 94 valence electrons. The minimum atomic E-state index is -4.78. The van der Waals surface area contributed by atoms with Gasteiger partial charge in [0.2, 0.25) is 0 Å². The zero-order chi connectivity index (χ0) is 13.1. The summed E-state index contributed by atoms with van der Waals surface area (Å²) in [6, 6.07) is -0.223. The topological polar surface area (TPSA) is 88.2 Å². The number of anilines is 1. The van der Waals surface area contributed by atoms with Gasteiger partial charge in [0.1, 0.15) is 17.9 Å². The van der Waals surface area contributed by atoms with Gasteiger partial charge < -0.3 is 16.2 Å². The Hall–Kier alpha value is -1.83. The van der Waals surface area contributed by atoms with Gasteiger partial charge in [-0.25, -0.2) is 4.98 Å². The summed E-state index contributed by atoms with van der Waals surface area (Å²) in [6.07, 6.45) is -3.50. The normalized spacial score (nSPS) is 15.1. The van der Waals surface area contributed by atoms with Crippen LogP contribution >= 0.6 is 0 Å². The minimum absolute atomic E-state index is 0.0912. The van der Waals surface area contributed by atoms with Gasteiger partial charge in [-0.15, -0.1) is 0 Å². The molecule has 1 heterocycles. The molecule has 0 aliphatic rings. The molecule has 0 amide bonds. The van der Waals surface area contributed by atoms with Crippen LogP contribution in [0.2, 0.25) is 0 Å². The van der Waals surface area contributed by atoms with Gasteiger partial charge in [-0.3, -0.25) is 4.79 Å². The predicted octanol–water partition coefficient (Wildman–Crippen LogP) is 0.836. The number of nitrogens with two attached hydrogens (primary N) is 1. The molecule has 0 saturated heterocycles. The number of rotatable bonds is 4. The fourth-order valence-corrected chi connectivity index (χ4v) is 1.13. The van der Waals surface area contributed by atoms with Crippen molar-refractivity contribution < 1.29 is 23.1 Å². The summed E-state index contributed by atoms with van der Waals surface area (Å²) in [4.78, 5) is 14.1. The lowest BCUT2D eigenvalue weighted by Gasteiger charge is -2.24. The average molecular weight is 249 g/mol. The van der Waals surface area contributed by atoms with Crippen molar-refractivity contribution in [1.82, 2.24) is 4.98 Å². The molecular weight excluding hydrogens is 239 g/mol. The van der Waals surface area contributed by atoms with Crippen LogP contribution in [0.5, 0.6) is 0 Å². The standard InChI is InChI=1S/C9H10F3N3O2/c10-9(11,12)7(6(13)8(16)17)15-5-3-1-2-4-14-5/h1-4,6-7H,13H2,(H,14,15)(H,16,17)/t6-,7-/m0/s1. The molecule has 0 bridgehead atoms. The monoisotopic (exact) mass is 249 g/mol. The molecule has 0 radical (unpaired) electrons. The fourth-order valence-electron chi connectivity index (χ4n) is 1.13. The van der Waals surface area contributed by atoms with E-state index in [-0.39, 0.29) is 5.82 Å². The number of aromatic nitrogens is 1. The molecule has 0 aliphatic carbocycles. The quantitative estimate of drug-likeness (QED) is 0.735. The average Bonchev–Trinajstić information content (AvgIpc) is 2.24. The van der Waals surface area contributed by atoms with Crippen LogP contribution in [0.15, 0.2) is 24.4 Å². The maximum Gasteiger partial charge on any atom is 0.410 e. The zero-order valence-corrected chi connectivity index (χ0v) is 8.48. The lowest BCUT2D eigenvalue weighted by Crippen LogP contribution is -2.54. The number of nitrogens with zero attached hydrogens (tertiary/aromatic N) is 1. The van der Waals surface area contributed by atoms with E-state index in [0.29, 0.717) is 0 Å². The molecule has 2 atom stereocenters. The molecule has 8 heteroatoms. The Morgan fingerprint density at radius 3 is 2.53 bits per heavy atom. The van der Waals surface area contributed by atoms with E-state index in [1.165, 1.54) is 24.4 Å². The molecule has 1 aromatic rings. The van der Waals surface area contributed by atoms with Gasteiger partial charge in [0.15, 0.2) is 0 Å². The molecule has 0 aliphatic heterocycles. The Balaban J connectivity index is 2.89. The van der Waals surface area contributed by atoms with Gasteiger partial charge in [-0.2, -0.15) is 13.2 Å². The second kappa shape index (κ2) is 5.00. The van der Waals surface area contributed by atoms with Crippen molar-refractivity contribution in [3.05, 3.63) is 24.4 Å². The third-order valence-electron chi connectivity index (χ3n) is 1.97. The second-order valence-electron chi connectivity index (χ2n) is 3.24. The number of halogens is 3. The predicted molar refractivity (Wildman–Crippen MR) is 53.3 cm³/mol. The molecule has 17 heavy (non-hydrogen) atoms. The van der Waals surface area contributed by atoms with Crippen molar-refractivity contribution in [3.63, 3.8) is 0 Å². The van der Waals surface area contributed by atoms with Crippen molar-refractivity contribution in [1.29, 1.82) is 0 Å². The number of nitrogens with one attached hydrogen (secondary N) is 1. The highest BCUT2D eigenvalue weighted by Crippen LogP contribution is 2.24. The number of carboxylic acids is 1. The van der Waals surface area contributed by atoms with Gasteiger partial charge in [0.05, 0.1) is 0 Å². The van der Waals surface area contributed by atoms with Crippen LogP contribution in [0.1, 0.15) is 0 Å². The number of carbonyl (C=O) groups is 1. The van der Waals surface area contributed by atoms with Crippen LogP contribution in [-0.4, -0.2) is 34.3 Å². The highest BCUT2D eigenvalue weighted by Gasteiger charge is 2.46. The first-order valence-electron chi connectivity index (χ1n) is 4.55. The third kappa shape index (κ3) is 3.59. The Labute approximate surface area is 94.5 Å². The van der Waals surface area contributed by atoms with E-state index in [1.807, 2.05) is 5.32 Å². The van der Waals surface area contributed by atoms with Crippen LogP contribution in [0.3, 0.4) is 0 Å². The molecule has 4 N–H and O–H groups in total. The second-order valence-corrected chi connectivity index (χ2v) is 3.24. The van der Waals surface area contributed by atoms with Crippen molar-refractivity contribution in [3.8, 4) is 0 Å². The number of alkyl halides is 3. The third-order valence-corrected chi connectivity index (χ3v) is 1.97. The number of pyridine rings is 1. The molecule has 0 aromatic carbocycles. The number of carboxylic acid groups (broad SMARTS) is 1. The van der Waals surface area contributed by atoms with E-state index >= 15 is 0 Å². The Kier molecular flexibility index (Phi) is 3.89. The van der Waals surface area contributed by atoms with Gasteiger partial charge in [-0.05, 0) is 12.1 Å². The highest BCUT2D eigenvalue weighted by molar-refractivity contribution is 5.75. The molecule has 0 unspecified atom stereocenters. The van der Waals surface area contributed by atoms with Crippen LogP contribution in [-0.2, 0) is 4.79 Å². The van der Waals surface area contributed by atoms with Gasteiger partial charge >= 0.3 is 12.1 Å². The van der Waals surface area contributed by atoms with E-state index in [4.69, 9.17) is 10.8 Å². The smallest absolute Gasteiger partial charge is 0.410 e. The minimum Gasteiger partial charge on any atom is -0.480 e. The lowest BCUT2D eigenvalue weighted by molar-refractivity contribution is -0.161. The summed E-state index contributed by atoms with van der Waals surface area (Å²) in [7, 11) is 0. The summed E-state index contributed by atoms with van der Waals surface area (Å²) in [5, 5.41) is 10.5. The molecule has 1 aromatic heterocycles. The number of hydrogen-bond donors (Lipinski definition) is 3. The number of aliphatic carboxylic acids is 1. The van der Waals surface area contributed by atoms with E-state index in [1.54, 1.807) is 0 Å². The van der Waals surface area contributed by atoms with Crippen LogP contribution in [0.4, 0.5) is 19.0 Å². The van der Waals surface area contributed by atoms with Crippen molar-refractivity contribution >= 4 is 11.8 Å². The van der Waals surface area contributed by atoms with E-state index in [0.717, 1.165) is 0 Å². The molecule has 1 rings (SSSR count). The van der Waals surface area contributed by atoms with E-state index in [2.05, 4.69) is 4.98 Å². The van der Waals surface area contributed by atoms with Crippen LogP contribution < -0.4 is 11.1 Å². The van der Waals surface area contributed by atoms with Crippen molar-refractivity contribution in [2.24, 2.45) is 5.73 Å². The van der Waals surface area contributed by atoms with Crippen molar-refractivity contribution in [2.45, 2.75) is 18.3 Å². The largest absolute Gasteiger partial charge is 0.480 e. The Bertz CT molecular complexity index is 383. The van der Waals surface area contributed by atoms with Gasteiger partial charge in [0, 0.05) is 6.20 Å². The first kappa shape index (κ1) is 13.2. The van der Waals surface area contributed by atoms with Crippen LogP contribution in [0, 0.1) is 0 Å². The van der Waals surface area contributed by atoms with Gasteiger partial charge in [0.25, 0.3) is 0 Å². The summed E-state index contributed by atoms with van der Waals surface area (Å²) in [6.45, 7) is 0. The van der Waals surface area contributed by atoms with E-state index < -0.39 is 24.2 Å². The van der Waals surface area contributed by atoms with Gasteiger partial charge in [-0.1, -0.05) is 6.07 Å². The Morgan fingerprint density at radius 1 is 1.47 bits per heavy atom. The fraction of sp³-hybridized carbons (Fsp3) is 0.333. The number of hydrogen-bond acceptors (Lipinski definition) is 4. The molecule has 0 saturated carbocycles. The first-order chi connectivity index (χ1) is 7.82.